The van der Waals surface area contributed by atoms with Gasteiger partial charge in [-0.05, 0) is 23.3 Å². The molecule has 0 aliphatic rings. The van der Waals surface area contributed by atoms with Gasteiger partial charge in [0.2, 0.25) is 5.78 Å². The SMILES string of the molecule is COc1ccc(-c2ccc(C(=O)C(C)=O)cc2)cc1. The Morgan fingerprint density at radius 2 is 1.32 bits per heavy atom. The molecule has 2 aromatic rings. The zero-order valence-corrected chi connectivity index (χ0v) is 10.8. The maximum atomic E-state index is 11.5. The third kappa shape index (κ3) is 2.88. The molecule has 0 heterocycles. The summed E-state index contributed by atoms with van der Waals surface area (Å²) in [6.45, 7) is 1.28. The predicted molar refractivity (Wildman–Crippen MR) is 73.4 cm³/mol. The minimum Gasteiger partial charge on any atom is -0.497 e. The van der Waals surface area contributed by atoms with Crippen LogP contribution in [0, 0.1) is 0 Å². The second-order valence-electron chi connectivity index (χ2n) is 4.19. The Kier molecular flexibility index (Phi) is 3.76. The number of Topliss-reactive ketones (excluding diaryl/α,β-unsaturated/α-hetero) is 2. The molecule has 19 heavy (non-hydrogen) atoms. The first-order chi connectivity index (χ1) is 9.11. The summed E-state index contributed by atoms with van der Waals surface area (Å²) in [6, 6.07) is 14.7. The van der Waals surface area contributed by atoms with Crippen molar-refractivity contribution in [1.29, 1.82) is 0 Å². The van der Waals surface area contributed by atoms with Crippen molar-refractivity contribution in [3.05, 3.63) is 54.1 Å². The molecule has 0 saturated carbocycles. The lowest BCUT2D eigenvalue weighted by Crippen LogP contribution is -2.09. The number of ether oxygens (including phenoxy) is 1. The highest BCUT2D eigenvalue weighted by Crippen LogP contribution is 2.22. The first kappa shape index (κ1) is 13.0. The van der Waals surface area contributed by atoms with Crippen LogP contribution in [0.25, 0.3) is 11.1 Å². The molecule has 0 atom stereocenters. The lowest BCUT2D eigenvalue weighted by atomic mass is 10.0. The van der Waals surface area contributed by atoms with Gasteiger partial charge in [-0.2, -0.15) is 0 Å². The number of hydrogen-bond donors (Lipinski definition) is 0. The molecule has 0 N–H and O–H groups in total. The van der Waals surface area contributed by atoms with Gasteiger partial charge < -0.3 is 4.74 Å². The minimum atomic E-state index is -0.457. The van der Waals surface area contributed by atoms with Crippen molar-refractivity contribution in [3.63, 3.8) is 0 Å². The molecule has 96 valence electrons. The number of ketones is 2. The van der Waals surface area contributed by atoms with Crippen molar-refractivity contribution >= 4 is 11.6 Å². The van der Waals surface area contributed by atoms with Crippen LogP contribution in [0.4, 0.5) is 0 Å². The molecule has 0 saturated heterocycles. The molecule has 0 bridgehead atoms. The fraction of sp³-hybridized carbons (Fsp3) is 0.125. The van der Waals surface area contributed by atoms with Gasteiger partial charge >= 0.3 is 0 Å². The fourth-order valence-electron chi connectivity index (χ4n) is 1.80. The van der Waals surface area contributed by atoms with E-state index in [0.717, 1.165) is 16.9 Å². The average molecular weight is 254 g/mol. The van der Waals surface area contributed by atoms with Crippen LogP contribution in [0.15, 0.2) is 48.5 Å². The van der Waals surface area contributed by atoms with Crippen molar-refractivity contribution < 1.29 is 14.3 Å². The van der Waals surface area contributed by atoms with Crippen molar-refractivity contribution in [3.8, 4) is 16.9 Å². The Morgan fingerprint density at radius 1 is 0.842 bits per heavy atom. The van der Waals surface area contributed by atoms with Crippen molar-refractivity contribution in [2.75, 3.05) is 7.11 Å². The Morgan fingerprint density at radius 3 is 1.74 bits per heavy atom. The molecule has 0 unspecified atom stereocenters. The molecule has 0 fully saturated rings. The summed E-state index contributed by atoms with van der Waals surface area (Å²) in [4.78, 5) is 22.5. The second-order valence-corrected chi connectivity index (χ2v) is 4.19. The van der Waals surface area contributed by atoms with Crippen molar-refractivity contribution in [2.45, 2.75) is 6.92 Å². The van der Waals surface area contributed by atoms with Gasteiger partial charge in [-0.3, -0.25) is 9.59 Å². The Labute approximate surface area is 111 Å². The van der Waals surface area contributed by atoms with Crippen LogP contribution in [0.5, 0.6) is 5.75 Å². The number of hydrogen-bond acceptors (Lipinski definition) is 3. The van der Waals surface area contributed by atoms with Crippen LogP contribution < -0.4 is 4.74 Å². The van der Waals surface area contributed by atoms with Gasteiger partial charge in [0, 0.05) is 12.5 Å². The monoisotopic (exact) mass is 254 g/mol. The maximum absolute atomic E-state index is 11.5. The maximum Gasteiger partial charge on any atom is 0.228 e. The van der Waals surface area contributed by atoms with E-state index < -0.39 is 11.6 Å². The molecule has 0 spiro atoms. The normalized spacial score (nSPS) is 10.0. The molecule has 0 aliphatic carbocycles. The standard InChI is InChI=1S/C16H14O3/c1-11(17)16(18)14-5-3-12(4-6-14)13-7-9-15(19-2)10-8-13/h3-10H,1-2H3. The third-order valence-corrected chi connectivity index (χ3v) is 2.89. The lowest BCUT2D eigenvalue weighted by Gasteiger charge is -2.04. The van der Waals surface area contributed by atoms with Crippen molar-refractivity contribution in [1.82, 2.24) is 0 Å². The average Bonchev–Trinajstić information content (AvgIpc) is 2.46. The largest absolute Gasteiger partial charge is 0.497 e. The number of benzene rings is 2. The van der Waals surface area contributed by atoms with E-state index in [2.05, 4.69) is 0 Å². The van der Waals surface area contributed by atoms with Crippen LogP contribution in [0.3, 0.4) is 0 Å². The molecule has 0 aliphatic heterocycles. The molecular formula is C16H14O3. The first-order valence-electron chi connectivity index (χ1n) is 5.91. The Balaban J connectivity index is 2.26. The third-order valence-electron chi connectivity index (χ3n) is 2.89. The molecule has 0 aromatic heterocycles. The highest BCUT2D eigenvalue weighted by Gasteiger charge is 2.10. The van der Waals surface area contributed by atoms with Crippen LogP contribution >= 0.6 is 0 Å². The van der Waals surface area contributed by atoms with Crippen LogP contribution in [0.2, 0.25) is 0 Å². The van der Waals surface area contributed by atoms with E-state index in [1.807, 2.05) is 36.4 Å². The Bertz CT molecular complexity index is 595. The van der Waals surface area contributed by atoms with Crippen molar-refractivity contribution in [2.24, 2.45) is 0 Å². The summed E-state index contributed by atoms with van der Waals surface area (Å²) in [5.74, 6) is -0.106. The zero-order valence-electron chi connectivity index (χ0n) is 10.8. The molecule has 0 radical (unpaired) electrons. The zero-order chi connectivity index (χ0) is 13.8. The predicted octanol–water partition coefficient (Wildman–Crippen LogP) is 3.13. The molecule has 0 amide bonds. The molecule has 3 nitrogen and oxygen atoms in total. The van der Waals surface area contributed by atoms with Crippen LogP contribution in [0.1, 0.15) is 17.3 Å². The highest BCUT2D eigenvalue weighted by molar-refractivity contribution is 6.42. The molecule has 3 heteroatoms. The van der Waals surface area contributed by atoms with Gasteiger partial charge in [-0.15, -0.1) is 0 Å². The molecule has 2 rings (SSSR count). The smallest absolute Gasteiger partial charge is 0.228 e. The van der Waals surface area contributed by atoms with E-state index in [-0.39, 0.29) is 0 Å². The number of carbonyl (C=O) groups excluding carboxylic acids is 2. The summed E-state index contributed by atoms with van der Waals surface area (Å²) >= 11 is 0. The highest BCUT2D eigenvalue weighted by atomic mass is 16.5. The summed E-state index contributed by atoms with van der Waals surface area (Å²) in [6.07, 6.45) is 0. The van der Waals surface area contributed by atoms with Crippen LogP contribution in [-0.2, 0) is 4.79 Å². The summed E-state index contributed by atoms with van der Waals surface area (Å²) in [7, 11) is 1.62. The van der Waals surface area contributed by atoms with E-state index in [9.17, 15) is 9.59 Å². The first-order valence-corrected chi connectivity index (χ1v) is 5.91. The molecule has 2 aromatic carbocycles. The summed E-state index contributed by atoms with van der Waals surface area (Å²) in [5.41, 5.74) is 2.44. The second kappa shape index (κ2) is 5.48. The molecular weight excluding hydrogens is 240 g/mol. The number of carbonyl (C=O) groups is 2. The quantitative estimate of drug-likeness (QED) is 0.622. The van der Waals surface area contributed by atoms with Gasteiger partial charge in [0.1, 0.15) is 5.75 Å². The van der Waals surface area contributed by atoms with E-state index in [1.54, 1.807) is 19.2 Å². The lowest BCUT2D eigenvalue weighted by molar-refractivity contribution is -0.113. The fourth-order valence-corrected chi connectivity index (χ4v) is 1.80. The van der Waals surface area contributed by atoms with Crippen LogP contribution in [-0.4, -0.2) is 18.7 Å². The van der Waals surface area contributed by atoms with E-state index in [1.165, 1.54) is 6.92 Å². The van der Waals surface area contributed by atoms with E-state index in [0.29, 0.717) is 5.56 Å². The van der Waals surface area contributed by atoms with Gasteiger partial charge in [0.05, 0.1) is 7.11 Å². The Hall–Kier alpha value is -2.42. The van der Waals surface area contributed by atoms with Gasteiger partial charge in [-0.25, -0.2) is 0 Å². The number of rotatable bonds is 4. The van der Waals surface area contributed by atoms with Gasteiger partial charge in [0.25, 0.3) is 0 Å². The van der Waals surface area contributed by atoms with Gasteiger partial charge in [-0.1, -0.05) is 36.4 Å². The van der Waals surface area contributed by atoms with E-state index >= 15 is 0 Å². The summed E-state index contributed by atoms with van der Waals surface area (Å²) in [5, 5.41) is 0. The minimum absolute atomic E-state index is 0.421. The van der Waals surface area contributed by atoms with Gasteiger partial charge in [0.15, 0.2) is 5.78 Å². The number of methoxy groups -OCH3 is 1. The topological polar surface area (TPSA) is 43.4 Å². The van der Waals surface area contributed by atoms with E-state index in [4.69, 9.17) is 4.74 Å². The summed E-state index contributed by atoms with van der Waals surface area (Å²) < 4.78 is 5.10.